The van der Waals surface area contributed by atoms with Crippen molar-refractivity contribution in [1.82, 2.24) is 10.3 Å². The molecule has 0 aliphatic heterocycles. The van der Waals surface area contributed by atoms with Gasteiger partial charge in [-0.15, -0.1) is 0 Å². The second kappa shape index (κ2) is 10.4. The number of anilines is 1. The van der Waals surface area contributed by atoms with Gasteiger partial charge in [-0.25, -0.2) is 4.99 Å². The molecule has 2 aromatic carbocycles. The number of carbonyl (C=O) groups excluding carboxylic acids is 1. The van der Waals surface area contributed by atoms with Crippen LogP contribution in [0.2, 0.25) is 0 Å². The van der Waals surface area contributed by atoms with Crippen LogP contribution in [0.15, 0.2) is 76.3 Å². The van der Waals surface area contributed by atoms with Crippen molar-refractivity contribution < 1.29 is 14.3 Å². The van der Waals surface area contributed by atoms with Gasteiger partial charge in [0.15, 0.2) is 11.5 Å². The number of hydrogen-bond donors (Lipinski definition) is 2. The first-order chi connectivity index (χ1) is 14.6. The van der Waals surface area contributed by atoms with Gasteiger partial charge in [0, 0.05) is 21.9 Å². The summed E-state index contributed by atoms with van der Waals surface area (Å²) in [5.41, 5.74) is 1.98. The van der Waals surface area contributed by atoms with Gasteiger partial charge < -0.3 is 14.8 Å². The zero-order valence-electron chi connectivity index (χ0n) is 16.6. The van der Waals surface area contributed by atoms with Crippen molar-refractivity contribution in [2.24, 2.45) is 4.99 Å². The second-order valence-electron chi connectivity index (χ2n) is 6.14. The van der Waals surface area contributed by atoms with Crippen LogP contribution < -0.4 is 20.1 Å². The molecule has 30 heavy (non-hydrogen) atoms. The molecular formula is C22H21BrN4O3. The topological polar surface area (TPSA) is 84.8 Å². The number of rotatable bonds is 6. The Hall–Kier alpha value is -3.39. The van der Waals surface area contributed by atoms with Crippen molar-refractivity contribution in [1.29, 1.82) is 0 Å². The number of amides is 1. The summed E-state index contributed by atoms with van der Waals surface area (Å²) in [4.78, 5) is 21.6. The predicted molar refractivity (Wildman–Crippen MR) is 120 cm³/mol. The maximum absolute atomic E-state index is 12.8. The minimum absolute atomic E-state index is 0.308. The van der Waals surface area contributed by atoms with Crippen LogP contribution in [-0.2, 0) is 6.54 Å². The highest BCUT2D eigenvalue weighted by molar-refractivity contribution is 9.10. The van der Waals surface area contributed by atoms with E-state index in [-0.39, 0.29) is 5.91 Å². The zero-order chi connectivity index (χ0) is 21.3. The molecule has 1 heterocycles. The summed E-state index contributed by atoms with van der Waals surface area (Å²) in [5.74, 6) is 0.993. The maximum Gasteiger partial charge on any atom is 0.258 e. The summed E-state index contributed by atoms with van der Waals surface area (Å²) in [7, 11) is 3.07. The molecule has 0 fully saturated rings. The van der Waals surface area contributed by atoms with Crippen molar-refractivity contribution >= 4 is 33.5 Å². The number of aliphatic imine (C=N–C) groups is 1. The van der Waals surface area contributed by atoms with Crippen LogP contribution in [0.3, 0.4) is 0 Å². The van der Waals surface area contributed by atoms with E-state index in [1.807, 2.05) is 42.5 Å². The van der Waals surface area contributed by atoms with Gasteiger partial charge in [0.2, 0.25) is 5.96 Å². The Labute approximate surface area is 183 Å². The van der Waals surface area contributed by atoms with Gasteiger partial charge in [0.1, 0.15) is 0 Å². The van der Waals surface area contributed by atoms with Crippen molar-refractivity contribution in [3.05, 3.63) is 82.6 Å². The standard InChI is InChI=1S/C22H21BrN4O3/c1-29-19-11-6-15(13-20(19)30-2)21(28)27-22(25-14-18-5-3-4-12-24-18)26-17-9-7-16(23)8-10-17/h3-13H,14H2,1-2H3,(H2,25,26,27,28). The van der Waals surface area contributed by atoms with Crippen molar-refractivity contribution in [2.75, 3.05) is 19.5 Å². The van der Waals surface area contributed by atoms with Crippen LogP contribution >= 0.6 is 15.9 Å². The first-order valence-corrected chi connectivity index (χ1v) is 9.88. The third-order valence-electron chi connectivity index (χ3n) is 4.11. The number of pyridine rings is 1. The number of hydrogen-bond acceptors (Lipinski definition) is 5. The number of benzene rings is 2. The van der Waals surface area contributed by atoms with Gasteiger partial charge in [-0.1, -0.05) is 22.0 Å². The van der Waals surface area contributed by atoms with Crippen LogP contribution in [0.25, 0.3) is 0 Å². The van der Waals surface area contributed by atoms with Crippen LogP contribution in [-0.4, -0.2) is 31.1 Å². The molecule has 0 bridgehead atoms. The van der Waals surface area contributed by atoms with Crippen LogP contribution in [0.1, 0.15) is 16.1 Å². The molecule has 2 N–H and O–H groups in total. The molecule has 0 aliphatic rings. The lowest BCUT2D eigenvalue weighted by molar-refractivity contribution is 0.0976. The Bertz CT molecular complexity index is 1020. The summed E-state index contributed by atoms with van der Waals surface area (Å²) >= 11 is 3.41. The summed E-state index contributed by atoms with van der Waals surface area (Å²) < 4.78 is 11.5. The molecule has 0 spiro atoms. The Kier molecular flexibility index (Phi) is 7.40. The molecule has 0 unspecified atom stereocenters. The molecule has 8 heteroatoms. The predicted octanol–water partition coefficient (Wildman–Crippen LogP) is 4.26. The van der Waals surface area contributed by atoms with E-state index < -0.39 is 0 Å². The maximum atomic E-state index is 12.8. The number of halogens is 1. The van der Waals surface area contributed by atoms with E-state index in [9.17, 15) is 4.79 Å². The largest absolute Gasteiger partial charge is 0.493 e. The number of nitrogens with zero attached hydrogens (tertiary/aromatic N) is 2. The Morgan fingerprint density at radius 1 is 1.03 bits per heavy atom. The highest BCUT2D eigenvalue weighted by Crippen LogP contribution is 2.27. The van der Waals surface area contributed by atoms with Gasteiger partial charge in [-0.3, -0.25) is 15.1 Å². The van der Waals surface area contributed by atoms with Crippen molar-refractivity contribution in [2.45, 2.75) is 6.54 Å². The molecule has 0 saturated heterocycles. The molecule has 154 valence electrons. The molecule has 0 atom stereocenters. The molecule has 0 radical (unpaired) electrons. The number of ether oxygens (including phenoxy) is 2. The van der Waals surface area contributed by atoms with E-state index in [1.165, 1.54) is 7.11 Å². The molecule has 0 saturated carbocycles. The van der Waals surface area contributed by atoms with E-state index in [4.69, 9.17) is 9.47 Å². The third-order valence-corrected chi connectivity index (χ3v) is 4.64. The Balaban J connectivity index is 1.81. The average Bonchev–Trinajstić information content (AvgIpc) is 2.79. The molecule has 3 aromatic rings. The van der Waals surface area contributed by atoms with Gasteiger partial charge in [-0.05, 0) is 54.6 Å². The minimum Gasteiger partial charge on any atom is -0.493 e. The van der Waals surface area contributed by atoms with Crippen molar-refractivity contribution in [3.63, 3.8) is 0 Å². The highest BCUT2D eigenvalue weighted by atomic mass is 79.9. The number of guanidine groups is 1. The fourth-order valence-corrected chi connectivity index (χ4v) is 2.85. The SMILES string of the molecule is COc1ccc(C(=O)NC(=NCc2ccccn2)Nc2ccc(Br)cc2)cc1OC. The number of carbonyl (C=O) groups is 1. The normalized spacial score (nSPS) is 11.0. The van der Waals surface area contributed by atoms with Crippen LogP contribution in [0, 0.1) is 0 Å². The number of aromatic nitrogens is 1. The summed E-state index contributed by atoms with van der Waals surface area (Å²) in [6.45, 7) is 0.311. The average molecular weight is 469 g/mol. The Morgan fingerprint density at radius 3 is 2.47 bits per heavy atom. The summed E-state index contributed by atoms with van der Waals surface area (Å²) in [6, 6.07) is 18.1. The second-order valence-corrected chi connectivity index (χ2v) is 7.06. The van der Waals surface area contributed by atoms with E-state index in [0.29, 0.717) is 29.6 Å². The third kappa shape index (κ3) is 5.81. The van der Waals surface area contributed by atoms with Crippen molar-refractivity contribution in [3.8, 4) is 11.5 Å². The minimum atomic E-state index is -0.333. The zero-order valence-corrected chi connectivity index (χ0v) is 18.1. The fraction of sp³-hybridized carbons (Fsp3) is 0.136. The summed E-state index contributed by atoms with van der Waals surface area (Å²) in [5, 5.41) is 5.96. The smallest absolute Gasteiger partial charge is 0.258 e. The molecule has 7 nitrogen and oxygen atoms in total. The fourth-order valence-electron chi connectivity index (χ4n) is 2.59. The molecular weight excluding hydrogens is 448 g/mol. The lowest BCUT2D eigenvalue weighted by Crippen LogP contribution is -2.36. The van der Waals surface area contributed by atoms with Gasteiger partial charge in [0.25, 0.3) is 5.91 Å². The van der Waals surface area contributed by atoms with Gasteiger partial charge >= 0.3 is 0 Å². The van der Waals surface area contributed by atoms with Crippen LogP contribution in [0.4, 0.5) is 5.69 Å². The van der Waals surface area contributed by atoms with E-state index in [0.717, 1.165) is 15.9 Å². The summed E-state index contributed by atoms with van der Waals surface area (Å²) in [6.07, 6.45) is 1.70. The van der Waals surface area contributed by atoms with Gasteiger partial charge in [-0.2, -0.15) is 0 Å². The van der Waals surface area contributed by atoms with E-state index in [2.05, 4.69) is 36.5 Å². The Morgan fingerprint density at radius 2 is 1.80 bits per heavy atom. The number of methoxy groups -OCH3 is 2. The van der Waals surface area contributed by atoms with Gasteiger partial charge in [0.05, 0.1) is 26.5 Å². The number of nitrogens with one attached hydrogen (secondary N) is 2. The highest BCUT2D eigenvalue weighted by Gasteiger charge is 2.13. The first-order valence-electron chi connectivity index (χ1n) is 9.09. The lowest BCUT2D eigenvalue weighted by Gasteiger charge is -2.13. The van der Waals surface area contributed by atoms with E-state index in [1.54, 1.807) is 31.5 Å². The monoisotopic (exact) mass is 468 g/mol. The van der Waals surface area contributed by atoms with E-state index >= 15 is 0 Å². The first kappa shape index (κ1) is 21.3. The molecule has 1 amide bonds. The molecule has 0 aliphatic carbocycles. The van der Waals surface area contributed by atoms with Crippen LogP contribution in [0.5, 0.6) is 11.5 Å². The molecule has 3 rings (SSSR count). The molecule has 1 aromatic heterocycles. The quantitative estimate of drug-likeness (QED) is 0.417. The lowest BCUT2D eigenvalue weighted by atomic mass is 10.2.